The van der Waals surface area contributed by atoms with Crippen LogP contribution in [0.15, 0.2) is 24.0 Å². The molecule has 0 bridgehead atoms. The molecule has 2 nitrogen and oxygen atoms in total. The molecular weight excluding hydrogens is 220 g/mol. The second-order valence-corrected chi connectivity index (χ2v) is 3.15. The monoisotopic (exact) mass is 234 g/mol. The maximum atomic E-state index is 5.20. The summed E-state index contributed by atoms with van der Waals surface area (Å²) >= 11 is 3.16. The molecule has 0 rings (SSSR count). The Kier molecular flexibility index (Phi) is 7.20. The van der Waals surface area contributed by atoms with Crippen LogP contribution in [0.3, 0.4) is 0 Å². The van der Waals surface area contributed by atoms with Gasteiger partial charge in [0.2, 0.25) is 0 Å². The summed E-state index contributed by atoms with van der Waals surface area (Å²) in [5, 5.41) is 0. The molecule has 0 aromatic rings. The molecule has 70 valence electrons. The molecule has 0 heterocycles. The van der Waals surface area contributed by atoms with Crippen LogP contribution in [0.5, 0.6) is 0 Å². The van der Waals surface area contributed by atoms with Crippen molar-refractivity contribution < 1.29 is 9.47 Å². The van der Waals surface area contributed by atoms with Crippen LogP contribution in [0.2, 0.25) is 0 Å². The zero-order valence-corrected chi connectivity index (χ0v) is 9.19. The van der Waals surface area contributed by atoms with E-state index in [1.165, 1.54) is 0 Å². The van der Waals surface area contributed by atoms with Gasteiger partial charge in [-0.05, 0) is 25.0 Å². The smallest absolute Gasteiger partial charge is 0.108 e. The molecule has 0 unspecified atom stereocenters. The van der Waals surface area contributed by atoms with Crippen LogP contribution >= 0.6 is 15.9 Å². The minimum absolute atomic E-state index is 0.554. The molecule has 0 radical (unpaired) electrons. The Morgan fingerprint density at radius 1 is 1.42 bits per heavy atom. The molecule has 0 aromatic heterocycles. The van der Waals surface area contributed by atoms with Gasteiger partial charge in [-0.1, -0.05) is 22.5 Å². The van der Waals surface area contributed by atoms with E-state index < -0.39 is 0 Å². The fourth-order valence-electron chi connectivity index (χ4n) is 0.560. The zero-order chi connectivity index (χ0) is 9.40. The van der Waals surface area contributed by atoms with E-state index in [0.29, 0.717) is 18.7 Å². The largest absolute Gasteiger partial charge is 0.497 e. The molecule has 0 fully saturated rings. The molecule has 0 saturated carbocycles. The Morgan fingerprint density at radius 3 is 2.58 bits per heavy atom. The Labute approximate surface area is 82.4 Å². The molecule has 0 aliphatic heterocycles. The topological polar surface area (TPSA) is 18.5 Å². The fraction of sp³-hybridized carbons (Fsp3) is 0.556. The van der Waals surface area contributed by atoms with E-state index in [-0.39, 0.29) is 0 Å². The molecule has 0 aliphatic carbocycles. The lowest BCUT2D eigenvalue weighted by molar-refractivity contribution is 0.204. The third-order valence-electron chi connectivity index (χ3n) is 1.02. The van der Waals surface area contributed by atoms with Gasteiger partial charge < -0.3 is 9.47 Å². The predicted molar refractivity (Wildman–Crippen MR) is 54.3 cm³/mol. The second-order valence-electron chi connectivity index (χ2n) is 2.69. The molecule has 0 aliphatic rings. The van der Waals surface area contributed by atoms with Gasteiger partial charge in [-0.2, -0.15) is 0 Å². The normalized spacial score (nSPS) is 11.4. The summed E-state index contributed by atoms with van der Waals surface area (Å²) in [5.74, 6) is 0. The summed E-state index contributed by atoms with van der Waals surface area (Å²) in [6.07, 6.45) is 1.71. The summed E-state index contributed by atoms with van der Waals surface area (Å²) in [6.45, 7) is 8.78. The SMILES string of the molecule is C=C(C)CO/C=C(\C)COCBr. The van der Waals surface area contributed by atoms with E-state index in [1.807, 2.05) is 13.8 Å². The average Bonchev–Trinajstić information content (AvgIpc) is 2.00. The van der Waals surface area contributed by atoms with Gasteiger partial charge in [0.15, 0.2) is 0 Å². The highest BCUT2D eigenvalue weighted by Crippen LogP contribution is 1.97. The average molecular weight is 235 g/mol. The maximum absolute atomic E-state index is 5.20. The lowest BCUT2D eigenvalue weighted by Crippen LogP contribution is -1.95. The standard InChI is InChI=1S/C9H15BrO2/c1-8(2)4-11-5-9(3)6-12-7-10/h5H,1,4,6-7H2,2-3H3/b9-5+. The molecule has 0 spiro atoms. The molecule has 0 aromatic carbocycles. The Morgan fingerprint density at radius 2 is 2.08 bits per heavy atom. The summed E-state index contributed by atoms with van der Waals surface area (Å²) in [4.78, 5) is 0. The lowest BCUT2D eigenvalue weighted by Gasteiger charge is -2.02. The second kappa shape index (κ2) is 7.37. The summed E-state index contributed by atoms with van der Waals surface area (Å²) in [5.41, 5.74) is 2.63. The lowest BCUT2D eigenvalue weighted by atomic mass is 10.3. The van der Waals surface area contributed by atoms with E-state index >= 15 is 0 Å². The van der Waals surface area contributed by atoms with Gasteiger partial charge in [0.1, 0.15) is 12.1 Å². The Bertz CT molecular complexity index is 164. The van der Waals surface area contributed by atoms with Crippen LogP contribution in [-0.4, -0.2) is 18.7 Å². The van der Waals surface area contributed by atoms with Crippen molar-refractivity contribution in [2.75, 3.05) is 18.7 Å². The molecule has 0 atom stereocenters. The van der Waals surface area contributed by atoms with E-state index in [9.17, 15) is 0 Å². The van der Waals surface area contributed by atoms with Crippen molar-refractivity contribution in [2.45, 2.75) is 13.8 Å². The van der Waals surface area contributed by atoms with E-state index in [0.717, 1.165) is 11.1 Å². The van der Waals surface area contributed by atoms with Crippen molar-refractivity contribution in [3.63, 3.8) is 0 Å². The maximum Gasteiger partial charge on any atom is 0.108 e. The number of hydrogen-bond acceptors (Lipinski definition) is 2. The van der Waals surface area contributed by atoms with Crippen molar-refractivity contribution in [3.8, 4) is 0 Å². The van der Waals surface area contributed by atoms with Crippen LogP contribution in [-0.2, 0) is 9.47 Å². The number of halogens is 1. The van der Waals surface area contributed by atoms with Gasteiger partial charge in [0.05, 0.1) is 12.9 Å². The number of rotatable bonds is 6. The van der Waals surface area contributed by atoms with Gasteiger partial charge in [-0.25, -0.2) is 0 Å². The fourth-order valence-corrected chi connectivity index (χ4v) is 0.722. The first-order valence-corrected chi connectivity index (χ1v) is 4.84. The molecule has 0 N–H and O–H groups in total. The zero-order valence-electron chi connectivity index (χ0n) is 7.60. The van der Waals surface area contributed by atoms with Crippen molar-refractivity contribution in [1.29, 1.82) is 0 Å². The van der Waals surface area contributed by atoms with Gasteiger partial charge >= 0.3 is 0 Å². The van der Waals surface area contributed by atoms with E-state index in [2.05, 4.69) is 22.5 Å². The Hall–Kier alpha value is -0.280. The van der Waals surface area contributed by atoms with Crippen LogP contribution in [0.25, 0.3) is 0 Å². The highest BCUT2D eigenvalue weighted by Gasteiger charge is 1.89. The van der Waals surface area contributed by atoms with Crippen molar-refractivity contribution >= 4 is 15.9 Å². The summed E-state index contributed by atoms with van der Waals surface area (Å²) in [6, 6.07) is 0. The molecular formula is C9H15BrO2. The number of hydrogen-bond donors (Lipinski definition) is 0. The van der Waals surface area contributed by atoms with E-state index in [4.69, 9.17) is 9.47 Å². The first-order chi connectivity index (χ1) is 5.66. The van der Waals surface area contributed by atoms with Gasteiger partial charge in [0.25, 0.3) is 0 Å². The molecule has 0 amide bonds. The van der Waals surface area contributed by atoms with E-state index in [1.54, 1.807) is 6.26 Å². The first-order valence-electron chi connectivity index (χ1n) is 3.72. The number of ether oxygens (including phenoxy) is 2. The Balaban J connectivity index is 3.47. The quantitative estimate of drug-likeness (QED) is 0.400. The minimum Gasteiger partial charge on any atom is -0.497 e. The number of alkyl halides is 1. The summed E-state index contributed by atoms with van der Waals surface area (Å²) < 4.78 is 10.3. The highest BCUT2D eigenvalue weighted by atomic mass is 79.9. The third kappa shape index (κ3) is 7.82. The van der Waals surface area contributed by atoms with Crippen LogP contribution < -0.4 is 0 Å². The van der Waals surface area contributed by atoms with Gasteiger partial charge in [-0.3, -0.25) is 0 Å². The molecule has 3 heteroatoms. The third-order valence-corrected chi connectivity index (χ3v) is 1.34. The molecule has 0 saturated heterocycles. The van der Waals surface area contributed by atoms with Crippen molar-refractivity contribution in [3.05, 3.63) is 24.0 Å². The first kappa shape index (κ1) is 11.7. The van der Waals surface area contributed by atoms with Gasteiger partial charge in [-0.15, -0.1) is 0 Å². The van der Waals surface area contributed by atoms with Crippen LogP contribution in [0.4, 0.5) is 0 Å². The van der Waals surface area contributed by atoms with Gasteiger partial charge in [0, 0.05) is 0 Å². The predicted octanol–water partition coefficient (Wildman–Crippen LogP) is 2.85. The van der Waals surface area contributed by atoms with Crippen LogP contribution in [0, 0.1) is 0 Å². The minimum atomic E-state index is 0.554. The summed E-state index contributed by atoms with van der Waals surface area (Å²) in [7, 11) is 0. The molecule has 12 heavy (non-hydrogen) atoms. The van der Waals surface area contributed by atoms with Crippen LogP contribution in [0.1, 0.15) is 13.8 Å². The highest BCUT2D eigenvalue weighted by molar-refractivity contribution is 9.09. The van der Waals surface area contributed by atoms with Crippen molar-refractivity contribution in [2.24, 2.45) is 0 Å². The van der Waals surface area contributed by atoms with Crippen molar-refractivity contribution in [1.82, 2.24) is 0 Å².